The number of methoxy groups -OCH3 is 1. The van der Waals surface area contributed by atoms with Gasteiger partial charge in [-0.3, -0.25) is 0 Å². The van der Waals surface area contributed by atoms with E-state index in [9.17, 15) is 5.11 Å². The third-order valence-corrected chi connectivity index (χ3v) is 8.32. The second-order valence-corrected chi connectivity index (χ2v) is 11.3. The molecule has 2 N–H and O–H groups in total. The average molecular weight is 467 g/mol. The molecule has 6 nitrogen and oxygen atoms in total. The zero-order chi connectivity index (χ0) is 18.9. The molecule has 2 radical (unpaired) electrons. The van der Waals surface area contributed by atoms with Crippen LogP contribution < -0.4 is 0 Å². The Balaban J connectivity index is 0.000000299. The number of unbranched alkanes of at least 4 members (excludes halogenated alkanes) is 2. The molecule has 5 atom stereocenters. The van der Waals surface area contributed by atoms with E-state index in [1.54, 1.807) is 22.7 Å². The fraction of sp³-hybridized carbons (Fsp3) is 1.00. The van der Waals surface area contributed by atoms with Gasteiger partial charge in [-0.1, -0.05) is 0 Å². The van der Waals surface area contributed by atoms with Gasteiger partial charge in [-0.25, -0.2) is 0 Å². The Morgan fingerprint density at radius 1 is 1.12 bits per heavy atom. The van der Waals surface area contributed by atoms with E-state index < -0.39 is 30.4 Å². The van der Waals surface area contributed by atoms with Crippen molar-refractivity contribution < 1.29 is 29.2 Å². The van der Waals surface area contributed by atoms with Crippen LogP contribution in [0.3, 0.4) is 0 Å². The van der Waals surface area contributed by atoms with Gasteiger partial charge >= 0.3 is 69.5 Å². The minimum absolute atomic E-state index is 0.149. The molecule has 7 heteroatoms. The fourth-order valence-electron chi connectivity index (χ4n) is 2.91. The van der Waals surface area contributed by atoms with Crippen LogP contribution in [0.2, 0.25) is 8.87 Å². The number of fused-ring (bicyclic) bond motifs is 1. The maximum Gasteiger partial charge on any atom is 0.190 e. The standard InChI is InChI=1S/C10H18O6.2C4H9.Sn/c1-10(2)15-8-7(13-3)6(5(12)4-11)14-9(8)16-10;2*1-3-4-2;/h5-9,11-12H,4H2,1-3H3;2*1,3-4H2,2H3;/t5-,6-,7+,8-,9-;;;/m1.../s1. The first kappa shape index (κ1) is 23.6. The maximum atomic E-state index is 9.58. The molecule has 2 aliphatic rings. The van der Waals surface area contributed by atoms with Crippen LogP contribution in [0.5, 0.6) is 0 Å². The van der Waals surface area contributed by atoms with E-state index in [2.05, 4.69) is 13.8 Å². The SMILES string of the molecule is CCC[CH2][Sn][CH2]CCC.CO[C@@H]1[C@H]2OC(C)(C)O[C@H]2O[C@@H]1[C@H](O)CO. The van der Waals surface area contributed by atoms with Crippen LogP contribution >= 0.6 is 0 Å². The van der Waals surface area contributed by atoms with E-state index in [4.69, 9.17) is 24.1 Å². The van der Waals surface area contributed by atoms with Gasteiger partial charge in [0, 0.05) is 7.11 Å². The van der Waals surface area contributed by atoms with Crippen LogP contribution in [0.4, 0.5) is 0 Å². The zero-order valence-corrected chi connectivity index (χ0v) is 19.2. The third kappa shape index (κ3) is 7.60. The van der Waals surface area contributed by atoms with Crippen molar-refractivity contribution in [1.29, 1.82) is 0 Å². The molecule has 0 amide bonds. The summed E-state index contributed by atoms with van der Waals surface area (Å²) in [5.74, 6) is -0.707. The minimum Gasteiger partial charge on any atom is -0.394 e. The summed E-state index contributed by atoms with van der Waals surface area (Å²) in [6, 6.07) is 0. The van der Waals surface area contributed by atoms with Gasteiger partial charge in [0.05, 0.1) is 6.61 Å². The predicted molar refractivity (Wildman–Crippen MR) is 97.8 cm³/mol. The number of aliphatic hydroxyl groups is 2. The molecule has 0 spiro atoms. The first-order valence-corrected chi connectivity index (χ1v) is 13.5. The monoisotopic (exact) mass is 468 g/mol. The van der Waals surface area contributed by atoms with Gasteiger partial charge in [0.2, 0.25) is 0 Å². The van der Waals surface area contributed by atoms with Gasteiger partial charge in [-0.2, -0.15) is 0 Å². The van der Waals surface area contributed by atoms with E-state index >= 15 is 0 Å². The van der Waals surface area contributed by atoms with E-state index in [0.29, 0.717) is 0 Å². The van der Waals surface area contributed by atoms with Crippen LogP contribution in [0.25, 0.3) is 0 Å². The molecule has 0 bridgehead atoms. The fourth-order valence-corrected chi connectivity index (χ4v) is 7.07. The molecule has 2 aliphatic heterocycles. The number of hydrogen-bond donors (Lipinski definition) is 2. The molecule has 0 unspecified atom stereocenters. The Labute approximate surface area is 162 Å². The van der Waals surface area contributed by atoms with Crippen molar-refractivity contribution in [2.75, 3.05) is 13.7 Å². The predicted octanol–water partition coefficient (Wildman–Crippen LogP) is 2.36. The van der Waals surface area contributed by atoms with Crippen molar-refractivity contribution in [2.24, 2.45) is 0 Å². The average Bonchev–Trinajstić information content (AvgIpc) is 3.06. The summed E-state index contributed by atoms with van der Waals surface area (Å²) in [4.78, 5) is 0. The van der Waals surface area contributed by atoms with Gasteiger partial charge in [0.1, 0.15) is 24.4 Å². The molecule has 2 heterocycles. The molecule has 0 aromatic heterocycles. The molecule has 2 rings (SSSR count). The summed E-state index contributed by atoms with van der Waals surface area (Å²) in [6.45, 7) is 7.78. The van der Waals surface area contributed by atoms with Crippen LogP contribution in [0, 0.1) is 0 Å². The van der Waals surface area contributed by atoms with Crippen molar-refractivity contribution in [1.82, 2.24) is 0 Å². The zero-order valence-electron chi connectivity index (χ0n) is 16.4. The van der Waals surface area contributed by atoms with Crippen LogP contribution in [0.1, 0.15) is 53.4 Å². The third-order valence-electron chi connectivity index (χ3n) is 4.28. The van der Waals surface area contributed by atoms with E-state index in [0.717, 1.165) is 0 Å². The molecule has 25 heavy (non-hydrogen) atoms. The molecule has 0 aromatic carbocycles. The Bertz CT molecular complexity index is 348. The van der Waals surface area contributed by atoms with Crippen LogP contribution in [-0.4, -0.2) is 81.6 Å². The molecular weight excluding hydrogens is 431 g/mol. The molecule has 0 aromatic rings. The summed E-state index contributed by atoms with van der Waals surface area (Å²) in [7, 11) is 1.52. The Morgan fingerprint density at radius 3 is 2.20 bits per heavy atom. The van der Waals surface area contributed by atoms with Gasteiger partial charge < -0.3 is 29.2 Å². The second-order valence-electron chi connectivity index (χ2n) is 6.98. The Hall–Kier alpha value is 0.559. The Morgan fingerprint density at radius 2 is 1.72 bits per heavy atom. The van der Waals surface area contributed by atoms with Crippen molar-refractivity contribution in [2.45, 2.75) is 98.7 Å². The summed E-state index contributed by atoms with van der Waals surface area (Å²) >= 11 is 0.149. The van der Waals surface area contributed by atoms with Gasteiger partial charge in [0.15, 0.2) is 12.1 Å². The van der Waals surface area contributed by atoms with E-state index in [-0.39, 0.29) is 33.9 Å². The number of rotatable bonds is 9. The quantitative estimate of drug-likeness (QED) is 0.401. The maximum absolute atomic E-state index is 9.58. The summed E-state index contributed by atoms with van der Waals surface area (Å²) in [5, 5.41) is 18.5. The summed E-state index contributed by atoms with van der Waals surface area (Å²) < 4.78 is 25.1. The topological polar surface area (TPSA) is 77.4 Å². The van der Waals surface area contributed by atoms with E-state index in [1.165, 1.54) is 32.8 Å². The summed E-state index contributed by atoms with van der Waals surface area (Å²) in [5.41, 5.74) is 0. The van der Waals surface area contributed by atoms with Crippen molar-refractivity contribution >= 4 is 21.1 Å². The van der Waals surface area contributed by atoms with Gasteiger partial charge in [-0.15, -0.1) is 0 Å². The largest absolute Gasteiger partial charge is 0.394 e. The number of ether oxygens (including phenoxy) is 4. The minimum atomic E-state index is -0.995. The summed E-state index contributed by atoms with van der Waals surface area (Å²) in [6.07, 6.45) is 2.87. The van der Waals surface area contributed by atoms with E-state index in [1.807, 2.05) is 0 Å². The molecule has 0 aliphatic carbocycles. The molecule has 0 saturated carbocycles. The first-order chi connectivity index (χ1) is 11.9. The van der Waals surface area contributed by atoms with Gasteiger partial charge in [0.25, 0.3) is 0 Å². The first-order valence-electron chi connectivity index (χ1n) is 9.43. The van der Waals surface area contributed by atoms with Crippen molar-refractivity contribution in [3.63, 3.8) is 0 Å². The molecule has 148 valence electrons. The number of aliphatic hydroxyl groups excluding tert-OH is 2. The van der Waals surface area contributed by atoms with Crippen LogP contribution in [-0.2, 0) is 18.9 Å². The van der Waals surface area contributed by atoms with Gasteiger partial charge in [-0.05, 0) is 13.8 Å². The molecule has 2 saturated heterocycles. The smallest absolute Gasteiger partial charge is 0.190 e. The van der Waals surface area contributed by atoms with Crippen LogP contribution in [0.15, 0.2) is 0 Å². The van der Waals surface area contributed by atoms with Crippen molar-refractivity contribution in [3.8, 4) is 0 Å². The number of hydrogen-bond acceptors (Lipinski definition) is 6. The molecular formula is C18H36O6Sn. The Kier molecular flexibility index (Phi) is 11.4. The van der Waals surface area contributed by atoms with Crippen molar-refractivity contribution in [3.05, 3.63) is 0 Å². The normalized spacial score (nSPS) is 31.3. The molecule has 2 fully saturated rings. The second kappa shape index (κ2) is 12.1.